The van der Waals surface area contributed by atoms with E-state index in [-0.39, 0.29) is 11.9 Å². The number of nitrogens with one attached hydrogen (secondary N) is 1. The third-order valence-corrected chi connectivity index (χ3v) is 3.79. The molecule has 3 nitrogen and oxygen atoms in total. The van der Waals surface area contributed by atoms with Crippen molar-refractivity contribution in [2.75, 3.05) is 40.4 Å². The summed E-state index contributed by atoms with van der Waals surface area (Å²) < 4.78 is 19.4. The first-order valence-electron chi connectivity index (χ1n) is 7.38. The zero-order valence-electron chi connectivity index (χ0n) is 12.4. The number of benzene rings is 1. The topological polar surface area (TPSA) is 24.5 Å². The Labute approximate surface area is 121 Å². The van der Waals surface area contributed by atoms with E-state index in [9.17, 15) is 4.39 Å². The quantitative estimate of drug-likeness (QED) is 0.703. The summed E-state index contributed by atoms with van der Waals surface area (Å²) in [6.07, 6.45) is 2.65. The normalized spacial score (nSPS) is 16.6. The van der Waals surface area contributed by atoms with Crippen LogP contribution < -0.4 is 5.32 Å². The first-order valence-corrected chi connectivity index (χ1v) is 7.38. The molecule has 0 amide bonds. The van der Waals surface area contributed by atoms with Crippen LogP contribution in [0.2, 0.25) is 0 Å². The summed E-state index contributed by atoms with van der Waals surface area (Å²) in [4.78, 5) is 2.18. The molecule has 0 spiro atoms. The van der Waals surface area contributed by atoms with Gasteiger partial charge in [0, 0.05) is 31.3 Å². The molecule has 112 valence electrons. The molecular formula is C16H25FN2O. The molecular weight excluding hydrogens is 255 g/mol. The zero-order chi connectivity index (χ0) is 14.4. The van der Waals surface area contributed by atoms with Crippen molar-refractivity contribution in [3.63, 3.8) is 0 Å². The van der Waals surface area contributed by atoms with Crippen molar-refractivity contribution in [3.05, 3.63) is 35.6 Å². The van der Waals surface area contributed by atoms with Gasteiger partial charge in [0.25, 0.3) is 0 Å². The van der Waals surface area contributed by atoms with E-state index in [0.717, 1.165) is 37.8 Å². The minimum Gasteiger partial charge on any atom is -0.380 e. The molecule has 1 fully saturated rings. The van der Waals surface area contributed by atoms with Gasteiger partial charge in [-0.2, -0.15) is 0 Å². The molecule has 20 heavy (non-hydrogen) atoms. The number of ether oxygens (including phenoxy) is 1. The molecule has 0 aromatic heterocycles. The van der Waals surface area contributed by atoms with Gasteiger partial charge >= 0.3 is 0 Å². The molecule has 2 rings (SSSR count). The number of hydrogen-bond donors (Lipinski definition) is 1. The Kier molecular flexibility index (Phi) is 5.95. The lowest BCUT2D eigenvalue weighted by molar-refractivity contribution is 0.101. The summed E-state index contributed by atoms with van der Waals surface area (Å²) in [6.45, 7) is 3.29. The highest BCUT2D eigenvalue weighted by Crippen LogP contribution is 2.28. The Morgan fingerprint density at radius 1 is 1.40 bits per heavy atom. The van der Waals surface area contributed by atoms with E-state index in [4.69, 9.17) is 4.74 Å². The third-order valence-electron chi connectivity index (χ3n) is 3.79. The maximum atomic E-state index is 13.8. The molecule has 1 aliphatic rings. The fourth-order valence-corrected chi connectivity index (χ4v) is 2.26. The van der Waals surface area contributed by atoms with Gasteiger partial charge < -0.3 is 15.0 Å². The number of hydrogen-bond acceptors (Lipinski definition) is 3. The Hall–Kier alpha value is -0.970. The van der Waals surface area contributed by atoms with Gasteiger partial charge in [0.15, 0.2) is 0 Å². The number of likely N-dealkylation sites (N-methyl/N-ethyl adjacent to an activating group) is 2. The second-order valence-corrected chi connectivity index (χ2v) is 5.64. The number of nitrogens with zero attached hydrogens (tertiary/aromatic N) is 1. The second-order valence-electron chi connectivity index (χ2n) is 5.64. The largest absolute Gasteiger partial charge is 0.380 e. The first-order chi connectivity index (χ1) is 9.70. The van der Waals surface area contributed by atoms with Crippen LogP contribution in [0.4, 0.5) is 4.39 Å². The van der Waals surface area contributed by atoms with Gasteiger partial charge in [-0.15, -0.1) is 0 Å². The number of halogens is 1. The summed E-state index contributed by atoms with van der Waals surface area (Å²) in [5, 5.41) is 3.19. The van der Waals surface area contributed by atoms with Gasteiger partial charge in [-0.1, -0.05) is 18.2 Å². The van der Waals surface area contributed by atoms with Crippen LogP contribution in [0.1, 0.15) is 24.4 Å². The van der Waals surface area contributed by atoms with Crippen LogP contribution in [-0.4, -0.2) is 45.3 Å². The minimum atomic E-state index is -0.148. The molecule has 4 heteroatoms. The Balaban J connectivity index is 1.75. The third kappa shape index (κ3) is 4.85. The Morgan fingerprint density at radius 3 is 2.80 bits per heavy atom. The average Bonchev–Trinajstić information content (AvgIpc) is 3.26. The SMILES string of the molecule is CNC(CN(C)CCOCC1CC1)c1ccccc1F. The predicted molar refractivity (Wildman–Crippen MR) is 79.2 cm³/mol. The molecule has 1 N–H and O–H groups in total. The predicted octanol–water partition coefficient (Wildman–Crippen LogP) is 2.44. The molecule has 1 saturated carbocycles. The van der Waals surface area contributed by atoms with Crippen LogP contribution in [0.5, 0.6) is 0 Å². The smallest absolute Gasteiger partial charge is 0.128 e. The summed E-state index contributed by atoms with van der Waals surface area (Å²) in [5.74, 6) is 0.661. The van der Waals surface area contributed by atoms with Crippen LogP contribution in [0.25, 0.3) is 0 Å². The molecule has 1 atom stereocenters. The standard InChI is InChI=1S/C16H25FN2O/c1-18-16(14-5-3-4-6-15(14)17)11-19(2)9-10-20-12-13-7-8-13/h3-6,13,16,18H,7-12H2,1-2H3. The van der Waals surface area contributed by atoms with Gasteiger partial charge in [-0.25, -0.2) is 4.39 Å². The Bertz CT molecular complexity index is 409. The van der Waals surface area contributed by atoms with Gasteiger partial charge in [-0.05, 0) is 38.9 Å². The van der Waals surface area contributed by atoms with E-state index in [1.165, 1.54) is 18.9 Å². The van der Waals surface area contributed by atoms with Gasteiger partial charge in [0.1, 0.15) is 5.82 Å². The van der Waals surface area contributed by atoms with Crippen LogP contribution >= 0.6 is 0 Å². The molecule has 0 bridgehead atoms. The highest BCUT2D eigenvalue weighted by Gasteiger charge is 2.21. The van der Waals surface area contributed by atoms with Crippen LogP contribution in [-0.2, 0) is 4.74 Å². The summed E-state index contributed by atoms with van der Waals surface area (Å²) in [7, 11) is 3.92. The van der Waals surface area contributed by atoms with E-state index in [1.807, 2.05) is 26.2 Å². The maximum Gasteiger partial charge on any atom is 0.128 e. The highest BCUT2D eigenvalue weighted by atomic mass is 19.1. The summed E-state index contributed by atoms with van der Waals surface area (Å²) in [6, 6.07) is 6.96. The molecule has 0 radical (unpaired) electrons. The fraction of sp³-hybridized carbons (Fsp3) is 0.625. The molecule has 0 saturated heterocycles. The van der Waals surface area contributed by atoms with Crippen molar-refractivity contribution in [3.8, 4) is 0 Å². The number of rotatable bonds is 9. The first kappa shape index (κ1) is 15.4. The van der Waals surface area contributed by atoms with Crippen molar-refractivity contribution >= 4 is 0 Å². The van der Waals surface area contributed by atoms with Gasteiger partial charge in [-0.3, -0.25) is 0 Å². The Morgan fingerprint density at radius 2 is 2.15 bits per heavy atom. The molecule has 1 aromatic rings. The van der Waals surface area contributed by atoms with Crippen LogP contribution in [0.15, 0.2) is 24.3 Å². The molecule has 1 unspecified atom stereocenters. The average molecular weight is 280 g/mol. The zero-order valence-corrected chi connectivity index (χ0v) is 12.4. The minimum absolute atomic E-state index is 0.00429. The van der Waals surface area contributed by atoms with E-state index in [0.29, 0.717) is 0 Å². The summed E-state index contributed by atoms with van der Waals surface area (Å²) >= 11 is 0. The van der Waals surface area contributed by atoms with Crippen molar-refractivity contribution < 1.29 is 9.13 Å². The van der Waals surface area contributed by atoms with Crippen molar-refractivity contribution in [1.29, 1.82) is 0 Å². The monoisotopic (exact) mass is 280 g/mol. The van der Waals surface area contributed by atoms with Gasteiger partial charge in [0.05, 0.1) is 6.61 Å². The van der Waals surface area contributed by atoms with E-state index >= 15 is 0 Å². The molecule has 1 aliphatic carbocycles. The highest BCUT2D eigenvalue weighted by molar-refractivity contribution is 5.21. The van der Waals surface area contributed by atoms with Gasteiger partial charge in [0.2, 0.25) is 0 Å². The molecule has 1 aromatic carbocycles. The lowest BCUT2D eigenvalue weighted by Crippen LogP contribution is -2.33. The second kappa shape index (κ2) is 7.72. The van der Waals surface area contributed by atoms with Crippen molar-refractivity contribution in [2.24, 2.45) is 5.92 Å². The van der Waals surface area contributed by atoms with E-state index in [2.05, 4.69) is 10.2 Å². The lowest BCUT2D eigenvalue weighted by Gasteiger charge is -2.24. The maximum absolute atomic E-state index is 13.8. The lowest BCUT2D eigenvalue weighted by atomic mass is 10.1. The van der Waals surface area contributed by atoms with Crippen molar-refractivity contribution in [1.82, 2.24) is 10.2 Å². The summed E-state index contributed by atoms with van der Waals surface area (Å²) in [5.41, 5.74) is 0.723. The van der Waals surface area contributed by atoms with Crippen molar-refractivity contribution in [2.45, 2.75) is 18.9 Å². The molecule has 0 heterocycles. The van der Waals surface area contributed by atoms with E-state index < -0.39 is 0 Å². The van der Waals surface area contributed by atoms with Crippen LogP contribution in [0, 0.1) is 11.7 Å². The fourth-order valence-electron chi connectivity index (χ4n) is 2.26. The van der Waals surface area contributed by atoms with E-state index in [1.54, 1.807) is 6.07 Å². The molecule has 0 aliphatic heterocycles. The van der Waals surface area contributed by atoms with Crippen LogP contribution in [0.3, 0.4) is 0 Å².